The SMILES string of the molecule is CCC(C#N)C1(c2ccc(OC(C)C)cc2)COC1. The number of hydrogen-bond acceptors (Lipinski definition) is 3. The van der Waals surface area contributed by atoms with Crippen molar-refractivity contribution in [2.24, 2.45) is 5.92 Å². The van der Waals surface area contributed by atoms with Crippen LogP contribution in [0.5, 0.6) is 5.75 Å². The third kappa shape index (κ3) is 2.59. The van der Waals surface area contributed by atoms with E-state index in [0.717, 1.165) is 12.2 Å². The molecule has 3 heteroatoms. The van der Waals surface area contributed by atoms with E-state index < -0.39 is 0 Å². The summed E-state index contributed by atoms with van der Waals surface area (Å²) >= 11 is 0. The molecule has 3 nitrogen and oxygen atoms in total. The van der Waals surface area contributed by atoms with Crippen LogP contribution in [0.4, 0.5) is 0 Å². The van der Waals surface area contributed by atoms with Crippen molar-refractivity contribution in [3.8, 4) is 11.8 Å². The smallest absolute Gasteiger partial charge is 0.119 e. The Bertz CT molecular complexity index is 455. The lowest BCUT2D eigenvalue weighted by Crippen LogP contribution is -2.51. The van der Waals surface area contributed by atoms with E-state index in [1.165, 1.54) is 5.56 Å². The molecule has 0 aliphatic carbocycles. The van der Waals surface area contributed by atoms with Crippen LogP contribution in [0.1, 0.15) is 32.8 Å². The van der Waals surface area contributed by atoms with Crippen LogP contribution in [0.25, 0.3) is 0 Å². The fraction of sp³-hybridized carbons (Fsp3) is 0.562. The normalized spacial score (nSPS) is 18.5. The van der Waals surface area contributed by atoms with Gasteiger partial charge in [-0.05, 0) is 38.0 Å². The highest BCUT2D eigenvalue weighted by molar-refractivity contribution is 5.36. The molecule has 1 saturated heterocycles. The van der Waals surface area contributed by atoms with Crippen LogP contribution in [0.3, 0.4) is 0 Å². The van der Waals surface area contributed by atoms with Crippen LogP contribution < -0.4 is 4.74 Å². The Kier molecular flexibility index (Phi) is 4.11. The topological polar surface area (TPSA) is 42.2 Å². The average Bonchev–Trinajstić information content (AvgIpc) is 2.34. The fourth-order valence-electron chi connectivity index (χ4n) is 2.63. The van der Waals surface area contributed by atoms with Gasteiger partial charge < -0.3 is 9.47 Å². The predicted octanol–water partition coefficient (Wildman–Crippen LogP) is 3.29. The zero-order valence-corrected chi connectivity index (χ0v) is 11.8. The van der Waals surface area contributed by atoms with Gasteiger partial charge in [0.05, 0.1) is 36.7 Å². The molecule has 1 aromatic carbocycles. The summed E-state index contributed by atoms with van der Waals surface area (Å²) < 4.78 is 11.0. The lowest BCUT2D eigenvalue weighted by Gasteiger charge is -2.45. The monoisotopic (exact) mass is 259 g/mol. The molecule has 0 aromatic heterocycles. The van der Waals surface area contributed by atoms with Gasteiger partial charge in [-0.3, -0.25) is 0 Å². The van der Waals surface area contributed by atoms with Gasteiger partial charge in [0.2, 0.25) is 0 Å². The second kappa shape index (κ2) is 5.63. The van der Waals surface area contributed by atoms with E-state index in [4.69, 9.17) is 9.47 Å². The van der Waals surface area contributed by atoms with Crippen molar-refractivity contribution in [1.29, 1.82) is 5.26 Å². The standard InChI is InChI=1S/C16H21NO2/c1-4-13(9-17)16(10-18-11-16)14-5-7-15(8-6-14)19-12(2)3/h5-8,12-13H,4,10-11H2,1-3H3. The molecule has 0 N–H and O–H groups in total. The molecule has 0 bridgehead atoms. The summed E-state index contributed by atoms with van der Waals surface area (Å²) in [6.07, 6.45) is 1.03. The molecular weight excluding hydrogens is 238 g/mol. The number of rotatable bonds is 5. The van der Waals surface area contributed by atoms with Crippen LogP contribution in [0.2, 0.25) is 0 Å². The van der Waals surface area contributed by atoms with E-state index in [1.54, 1.807) is 0 Å². The second-order valence-corrected chi connectivity index (χ2v) is 5.43. The van der Waals surface area contributed by atoms with Crippen molar-refractivity contribution < 1.29 is 9.47 Å². The number of nitrogens with zero attached hydrogens (tertiary/aromatic N) is 1. The molecule has 102 valence electrons. The second-order valence-electron chi connectivity index (χ2n) is 5.43. The highest BCUT2D eigenvalue weighted by atomic mass is 16.5. The Labute approximate surface area is 115 Å². The van der Waals surface area contributed by atoms with E-state index in [2.05, 4.69) is 25.1 Å². The predicted molar refractivity (Wildman–Crippen MR) is 74.1 cm³/mol. The van der Waals surface area contributed by atoms with Crippen LogP contribution in [0.15, 0.2) is 24.3 Å². The molecule has 1 fully saturated rings. The maximum Gasteiger partial charge on any atom is 0.119 e. The lowest BCUT2D eigenvalue weighted by molar-refractivity contribution is -0.0805. The zero-order valence-electron chi connectivity index (χ0n) is 11.8. The largest absolute Gasteiger partial charge is 0.491 e. The van der Waals surface area contributed by atoms with Gasteiger partial charge >= 0.3 is 0 Å². The number of benzene rings is 1. The Morgan fingerprint density at radius 3 is 2.32 bits per heavy atom. The molecule has 1 heterocycles. The summed E-state index contributed by atoms with van der Waals surface area (Å²) in [5.74, 6) is 0.886. The van der Waals surface area contributed by atoms with Gasteiger partial charge in [0, 0.05) is 0 Å². The van der Waals surface area contributed by atoms with E-state index >= 15 is 0 Å². The van der Waals surface area contributed by atoms with Gasteiger partial charge in [0.1, 0.15) is 5.75 Å². The third-order valence-corrected chi connectivity index (χ3v) is 3.75. The van der Waals surface area contributed by atoms with Gasteiger partial charge in [0.25, 0.3) is 0 Å². The van der Waals surface area contributed by atoms with Crippen LogP contribution in [-0.2, 0) is 10.2 Å². The Hall–Kier alpha value is -1.53. The molecule has 0 radical (unpaired) electrons. The van der Waals surface area contributed by atoms with Crippen LogP contribution in [0, 0.1) is 17.2 Å². The molecule has 1 aromatic rings. The molecule has 2 rings (SSSR count). The van der Waals surface area contributed by atoms with Crippen molar-refractivity contribution in [2.75, 3.05) is 13.2 Å². The minimum atomic E-state index is -0.125. The summed E-state index contributed by atoms with van der Waals surface area (Å²) in [7, 11) is 0. The average molecular weight is 259 g/mol. The molecule has 1 unspecified atom stereocenters. The molecule has 0 amide bonds. The molecule has 1 aliphatic rings. The summed E-state index contributed by atoms with van der Waals surface area (Å²) in [5.41, 5.74) is 1.06. The molecule has 1 atom stereocenters. The van der Waals surface area contributed by atoms with Crippen molar-refractivity contribution >= 4 is 0 Å². The Morgan fingerprint density at radius 1 is 1.32 bits per heavy atom. The Morgan fingerprint density at radius 2 is 1.95 bits per heavy atom. The van der Waals surface area contributed by atoms with Gasteiger partial charge in [-0.1, -0.05) is 19.1 Å². The number of ether oxygens (including phenoxy) is 2. The van der Waals surface area contributed by atoms with E-state index in [1.807, 2.05) is 26.0 Å². The quantitative estimate of drug-likeness (QED) is 0.814. The van der Waals surface area contributed by atoms with E-state index in [-0.39, 0.29) is 17.4 Å². The number of nitriles is 1. The third-order valence-electron chi connectivity index (χ3n) is 3.75. The first-order valence-electron chi connectivity index (χ1n) is 6.87. The highest BCUT2D eigenvalue weighted by Gasteiger charge is 2.46. The summed E-state index contributed by atoms with van der Waals surface area (Å²) in [6.45, 7) is 7.37. The van der Waals surface area contributed by atoms with E-state index in [0.29, 0.717) is 13.2 Å². The van der Waals surface area contributed by atoms with Crippen LogP contribution >= 0.6 is 0 Å². The summed E-state index contributed by atoms with van der Waals surface area (Å²) in [5, 5.41) is 9.33. The number of hydrogen-bond donors (Lipinski definition) is 0. The van der Waals surface area contributed by atoms with Gasteiger partial charge in [-0.2, -0.15) is 5.26 Å². The first-order valence-corrected chi connectivity index (χ1v) is 6.87. The summed E-state index contributed by atoms with van der Waals surface area (Å²) in [6, 6.07) is 10.5. The van der Waals surface area contributed by atoms with Crippen molar-refractivity contribution in [1.82, 2.24) is 0 Å². The molecule has 0 spiro atoms. The Balaban J connectivity index is 2.22. The molecule has 19 heavy (non-hydrogen) atoms. The first-order chi connectivity index (χ1) is 9.12. The van der Waals surface area contributed by atoms with Crippen molar-refractivity contribution in [2.45, 2.75) is 38.7 Å². The lowest BCUT2D eigenvalue weighted by atomic mass is 9.68. The molecular formula is C16H21NO2. The van der Waals surface area contributed by atoms with Gasteiger partial charge in [-0.15, -0.1) is 0 Å². The molecule has 0 saturated carbocycles. The minimum Gasteiger partial charge on any atom is -0.491 e. The van der Waals surface area contributed by atoms with Gasteiger partial charge in [0.15, 0.2) is 0 Å². The maximum absolute atomic E-state index is 9.33. The van der Waals surface area contributed by atoms with E-state index in [9.17, 15) is 5.26 Å². The van der Waals surface area contributed by atoms with Crippen LogP contribution in [-0.4, -0.2) is 19.3 Å². The van der Waals surface area contributed by atoms with Crippen molar-refractivity contribution in [3.05, 3.63) is 29.8 Å². The van der Waals surface area contributed by atoms with Gasteiger partial charge in [-0.25, -0.2) is 0 Å². The molecule has 1 aliphatic heterocycles. The first kappa shape index (κ1) is 13.9. The fourth-order valence-corrected chi connectivity index (χ4v) is 2.63. The summed E-state index contributed by atoms with van der Waals surface area (Å²) in [4.78, 5) is 0. The maximum atomic E-state index is 9.33. The zero-order chi connectivity index (χ0) is 13.9. The minimum absolute atomic E-state index is 0.0121. The highest BCUT2D eigenvalue weighted by Crippen LogP contribution is 2.41. The van der Waals surface area contributed by atoms with Crippen molar-refractivity contribution in [3.63, 3.8) is 0 Å².